The highest BCUT2D eigenvalue weighted by atomic mass is 16.5. The van der Waals surface area contributed by atoms with Crippen molar-refractivity contribution in [3.8, 4) is 5.75 Å². The summed E-state index contributed by atoms with van der Waals surface area (Å²) >= 11 is 0. The number of anilines is 1. The van der Waals surface area contributed by atoms with Crippen LogP contribution in [0, 0.1) is 0 Å². The van der Waals surface area contributed by atoms with Gasteiger partial charge in [0, 0.05) is 36.2 Å². The molecule has 2 aromatic rings. The molecule has 0 aliphatic carbocycles. The molecule has 1 atom stereocenters. The average Bonchev–Trinajstić information content (AvgIpc) is 3.02. The smallest absolute Gasteiger partial charge is 0.126 e. The van der Waals surface area contributed by atoms with Gasteiger partial charge in [-0.15, -0.1) is 0 Å². The third kappa shape index (κ3) is 2.23. The van der Waals surface area contributed by atoms with E-state index in [1.165, 1.54) is 22.0 Å². The van der Waals surface area contributed by atoms with Crippen molar-refractivity contribution in [2.45, 2.75) is 19.4 Å². The van der Waals surface area contributed by atoms with E-state index in [1.807, 2.05) is 6.92 Å². The van der Waals surface area contributed by atoms with Crippen molar-refractivity contribution in [3.63, 3.8) is 0 Å². The SMILES string of the molecule is CCOc1cc(N2C=C3C=COC3CC2)c2ccccc2c1. The fourth-order valence-electron chi connectivity index (χ4n) is 3.20. The van der Waals surface area contributed by atoms with Crippen LogP contribution in [0.5, 0.6) is 5.75 Å². The molecule has 2 aliphatic heterocycles. The Morgan fingerprint density at radius 2 is 2.18 bits per heavy atom. The van der Waals surface area contributed by atoms with Crippen LogP contribution >= 0.6 is 0 Å². The topological polar surface area (TPSA) is 21.7 Å². The zero-order valence-electron chi connectivity index (χ0n) is 12.7. The standard InChI is InChI=1S/C19H19NO2/c1-2-21-16-11-14-5-3-4-6-17(14)18(12-16)20-9-7-19-15(13-20)8-10-22-19/h3-6,8,10-13,19H,2,7,9H2,1H3. The molecule has 1 unspecified atom stereocenters. The van der Waals surface area contributed by atoms with Gasteiger partial charge in [0.15, 0.2) is 0 Å². The van der Waals surface area contributed by atoms with Gasteiger partial charge in [-0.3, -0.25) is 0 Å². The molecule has 0 bridgehead atoms. The number of rotatable bonds is 3. The van der Waals surface area contributed by atoms with Gasteiger partial charge in [0.25, 0.3) is 0 Å². The van der Waals surface area contributed by atoms with Gasteiger partial charge in [-0.25, -0.2) is 0 Å². The first-order chi connectivity index (χ1) is 10.8. The summed E-state index contributed by atoms with van der Waals surface area (Å²) in [7, 11) is 0. The molecule has 4 rings (SSSR count). The summed E-state index contributed by atoms with van der Waals surface area (Å²) in [6.45, 7) is 3.65. The van der Waals surface area contributed by atoms with Crippen molar-refractivity contribution in [2.24, 2.45) is 0 Å². The maximum Gasteiger partial charge on any atom is 0.126 e. The maximum absolute atomic E-state index is 5.75. The van der Waals surface area contributed by atoms with Crippen molar-refractivity contribution in [1.82, 2.24) is 0 Å². The summed E-state index contributed by atoms with van der Waals surface area (Å²) in [6, 6.07) is 12.7. The Morgan fingerprint density at radius 1 is 1.27 bits per heavy atom. The third-order valence-electron chi connectivity index (χ3n) is 4.25. The first-order valence-corrected chi connectivity index (χ1v) is 7.81. The van der Waals surface area contributed by atoms with Crippen LogP contribution in [-0.2, 0) is 4.74 Å². The molecule has 2 aromatic carbocycles. The molecule has 0 radical (unpaired) electrons. The second kappa shape index (κ2) is 5.41. The quantitative estimate of drug-likeness (QED) is 0.844. The van der Waals surface area contributed by atoms with Gasteiger partial charge in [-0.1, -0.05) is 24.3 Å². The number of benzene rings is 2. The van der Waals surface area contributed by atoms with Crippen molar-refractivity contribution in [3.05, 3.63) is 60.5 Å². The molecule has 0 aromatic heterocycles. The van der Waals surface area contributed by atoms with Crippen molar-refractivity contribution < 1.29 is 9.47 Å². The second-order valence-electron chi connectivity index (χ2n) is 5.64. The van der Waals surface area contributed by atoms with Gasteiger partial charge in [0.2, 0.25) is 0 Å². The summed E-state index contributed by atoms with van der Waals surface area (Å²) in [4.78, 5) is 2.32. The molecular weight excluding hydrogens is 274 g/mol. The molecule has 2 aliphatic rings. The fraction of sp³-hybridized carbons (Fsp3) is 0.263. The molecule has 0 N–H and O–H groups in total. The van der Waals surface area contributed by atoms with E-state index in [0.29, 0.717) is 6.61 Å². The molecule has 22 heavy (non-hydrogen) atoms. The maximum atomic E-state index is 5.75. The fourth-order valence-corrected chi connectivity index (χ4v) is 3.20. The Kier molecular flexibility index (Phi) is 3.26. The van der Waals surface area contributed by atoms with E-state index in [0.717, 1.165) is 18.7 Å². The highest BCUT2D eigenvalue weighted by Crippen LogP contribution is 2.35. The Labute approximate surface area is 130 Å². The monoisotopic (exact) mass is 293 g/mol. The Morgan fingerprint density at radius 3 is 3.09 bits per heavy atom. The summed E-state index contributed by atoms with van der Waals surface area (Å²) < 4.78 is 11.3. The third-order valence-corrected chi connectivity index (χ3v) is 4.25. The zero-order valence-corrected chi connectivity index (χ0v) is 12.7. The van der Waals surface area contributed by atoms with Crippen LogP contribution < -0.4 is 9.64 Å². The minimum absolute atomic E-state index is 0.234. The van der Waals surface area contributed by atoms with Crippen LogP contribution in [0.4, 0.5) is 5.69 Å². The van der Waals surface area contributed by atoms with Crippen molar-refractivity contribution in [1.29, 1.82) is 0 Å². The molecule has 2 heterocycles. The minimum Gasteiger partial charge on any atom is -0.494 e. The lowest BCUT2D eigenvalue weighted by Gasteiger charge is -2.29. The second-order valence-corrected chi connectivity index (χ2v) is 5.64. The van der Waals surface area contributed by atoms with Gasteiger partial charge in [-0.05, 0) is 24.5 Å². The predicted molar refractivity (Wildman–Crippen MR) is 89.2 cm³/mol. The van der Waals surface area contributed by atoms with Gasteiger partial charge in [0.05, 0.1) is 18.6 Å². The molecule has 0 amide bonds. The van der Waals surface area contributed by atoms with Gasteiger partial charge < -0.3 is 14.4 Å². The van der Waals surface area contributed by atoms with E-state index in [1.54, 1.807) is 6.26 Å². The Bertz CT molecular complexity index is 763. The number of hydrogen-bond donors (Lipinski definition) is 0. The molecule has 0 saturated carbocycles. The van der Waals surface area contributed by atoms with E-state index < -0.39 is 0 Å². The van der Waals surface area contributed by atoms with Crippen LogP contribution in [0.25, 0.3) is 10.8 Å². The molecule has 3 heteroatoms. The highest BCUT2D eigenvalue weighted by molar-refractivity contribution is 5.96. The molecule has 0 spiro atoms. The lowest BCUT2D eigenvalue weighted by Crippen LogP contribution is -2.29. The normalized spacial score (nSPS) is 19.8. The van der Waals surface area contributed by atoms with Gasteiger partial charge >= 0.3 is 0 Å². The predicted octanol–water partition coefficient (Wildman–Crippen LogP) is 4.25. The van der Waals surface area contributed by atoms with E-state index >= 15 is 0 Å². The lowest BCUT2D eigenvalue weighted by molar-refractivity contribution is 0.185. The van der Waals surface area contributed by atoms with Gasteiger partial charge in [0.1, 0.15) is 11.9 Å². The zero-order chi connectivity index (χ0) is 14.9. The molecule has 3 nitrogen and oxygen atoms in total. The summed E-state index contributed by atoms with van der Waals surface area (Å²) in [6.07, 6.45) is 7.30. The average molecular weight is 293 g/mol. The largest absolute Gasteiger partial charge is 0.494 e. The van der Waals surface area contributed by atoms with Crippen LogP contribution in [0.3, 0.4) is 0 Å². The van der Waals surface area contributed by atoms with Gasteiger partial charge in [-0.2, -0.15) is 0 Å². The Balaban J connectivity index is 1.83. The number of nitrogens with zero attached hydrogens (tertiary/aromatic N) is 1. The molecule has 0 fully saturated rings. The van der Waals surface area contributed by atoms with Crippen LogP contribution in [-0.4, -0.2) is 19.3 Å². The number of ether oxygens (including phenoxy) is 2. The summed E-state index contributed by atoms with van der Waals surface area (Å²) in [5, 5.41) is 2.46. The first-order valence-electron chi connectivity index (χ1n) is 7.81. The van der Waals surface area contributed by atoms with E-state index in [9.17, 15) is 0 Å². The Hall–Kier alpha value is -2.42. The molecule has 112 valence electrons. The number of fused-ring (bicyclic) bond motifs is 2. The minimum atomic E-state index is 0.234. The molecule has 0 saturated heterocycles. The summed E-state index contributed by atoms with van der Waals surface area (Å²) in [5.74, 6) is 0.926. The highest BCUT2D eigenvalue weighted by Gasteiger charge is 2.25. The van der Waals surface area contributed by atoms with Crippen molar-refractivity contribution >= 4 is 16.5 Å². The van der Waals surface area contributed by atoms with Crippen molar-refractivity contribution in [2.75, 3.05) is 18.1 Å². The van der Waals surface area contributed by atoms with E-state index in [-0.39, 0.29) is 6.10 Å². The van der Waals surface area contributed by atoms with Crippen LogP contribution in [0.1, 0.15) is 13.3 Å². The van der Waals surface area contributed by atoms with Crippen LogP contribution in [0.2, 0.25) is 0 Å². The first kappa shape index (κ1) is 13.3. The summed E-state index contributed by atoms with van der Waals surface area (Å²) in [5.41, 5.74) is 2.45. The van der Waals surface area contributed by atoms with Crippen LogP contribution in [0.15, 0.2) is 60.5 Å². The molecular formula is C19H19NO2. The number of hydrogen-bond acceptors (Lipinski definition) is 3. The lowest BCUT2D eigenvalue weighted by atomic mass is 10.0. The van der Waals surface area contributed by atoms with E-state index in [2.05, 4.69) is 53.6 Å². The van der Waals surface area contributed by atoms with E-state index in [4.69, 9.17) is 9.47 Å².